The number of hydrogen-bond acceptors (Lipinski definition) is 3. The number of ether oxygens (including phenoxy) is 3. The first-order valence-electron chi connectivity index (χ1n) is 12.0. The molecule has 0 amide bonds. The molecule has 162 valence electrons. The SMILES string of the molecule is CCCCCCCCCCCCCCCCCCOC[C@H]1COC(C)(C)O1. The van der Waals surface area contributed by atoms with E-state index in [1.54, 1.807) is 0 Å². The van der Waals surface area contributed by atoms with Gasteiger partial charge in [-0.3, -0.25) is 0 Å². The summed E-state index contributed by atoms with van der Waals surface area (Å²) in [4.78, 5) is 0. The lowest BCUT2D eigenvalue weighted by Crippen LogP contribution is -2.24. The molecule has 0 aromatic rings. The molecule has 0 unspecified atom stereocenters. The van der Waals surface area contributed by atoms with Gasteiger partial charge in [-0.2, -0.15) is 0 Å². The van der Waals surface area contributed by atoms with Gasteiger partial charge in [0.1, 0.15) is 6.10 Å². The van der Waals surface area contributed by atoms with E-state index >= 15 is 0 Å². The van der Waals surface area contributed by atoms with Crippen LogP contribution in [0.25, 0.3) is 0 Å². The summed E-state index contributed by atoms with van der Waals surface area (Å²) < 4.78 is 17.0. The van der Waals surface area contributed by atoms with Crippen LogP contribution in [-0.4, -0.2) is 31.7 Å². The minimum Gasteiger partial charge on any atom is -0.379 e. The van der Waals surface area contributed by atoms with E-state index in [1.165, 1.54) is 103 Å². The third-order valence-corrected chi connectivity index (χ3v) is 5.51. The molecule has 0 N–H and O–H groups in total. The molecular formula is C24H48O3. The van der Waals surface area contributed by atoms with Crippen LogP contribution < -0.4 is 0 Å². The Hall–Kier alpha value is -0.120. The molecule has 1 fully saturated rings. The van der Waals surface area contributed by atoms with Crippen molar-refractivity contribution >= 4 is 0 Å². The average molecular weight is 385 g/mol. The number of rotatable bonds is 19. The molecule has 1 rings (SSSR count). The molecule has 1 aliphatic rings. The highest BCUT2D eigenvalue weighted by atomic mass is 16.7. The van der Waals surface area contributed by atoms with Crippen molar-refractivity contribution in [2.75, 3.05) is 19.8 Å². The van der Waals surface area contributed by atoms with E-state index in [0.29, 0.717) is 13.2 Å². The first kappa shape index (κ1) is 24.9. The topological polar surface area (TPSA) is 27.7 Å². The zero-order valence-electron chi connectivity index (χ0n) is 18.7. The van der Waals surface area contributed by atoms with Crippen molar-refractivity contribution in [3.63, 3.8) is 0 Å². The van der Waals surface area contributed by atoms with E-state index in [4.69, 9.17) is 14.2 Å². The zero-order valence-corrected chi connectivity index (χ0v) is 18.7. The van der Waals surface area contributed by atoms with Crippen LogP contribution in [0.15, 0.2) is 0 Å². The Bertz CT molecular complexity index is 317. The molecular weight excluding hydrogens is 336 g/mol. The molecule has 0 bridgehead atoms. The highest BCUT2D eigenvalue weighted by Gasteiger charge is 2.32. The van der Waals surface area contributed by atoms with Crippen LogP contribution in [0.5, 0.6) is 0 Å². The van der Waals surface area contributed by atoms with E-state index in [0.717, 1.165) is 6.61 Å². The first-order valence-corrected chi connectivity index (χ1v) is 12.0. The second kappa shape index (κ2) is 16.8. The van der Waals surface area contributed by atoms with Crippen LogP contribution in [0, 0.1) is 0 Å². The normalized spacial score (nSPS) is 19.0. The van der Waals surface area contributed by atoms with Gasteiger partial charge in [0.25, 0.3) is 0 Å². The Morgan fingerprint density at radius 2 is 1.15 bits per heavy atom. The summed E-state index contributed by atoms with van der Waals surface area (Å²) in [7, 11) is 0. The highest BCUT2D eigenvalue weighted by molar-refractivity contribution is 4.70. The van der Waals surface area contributed by atoms with Gasteiger partial charge in [0.05, 0.1) is 13.2 Å². The van der Waals surface area contributed by atoms with Gasteiger partial charge in [-0.1, -0.05) is 103 Å². The van der Waals surface area contributed by atoms with Crippen molar-refractivity contribution in [2.45, 2.75) is 135 Å². The molecule has 1 saturated heterocycles. The van der Waals surface area contributed by atoms with Crippen molar-refractivity contribution in [1.82, 2.24) is 0 Å². The maximum Gasteiger partial charge on any atom is 0.163 e. The van der Waals surface area contributed by atoms with E-state index in [-0.39, 0.29) is 6.10 Å². The Kier molecular flexibility index (Phi) is 15.5. The van der Waals surface area contributed by atoms with Crippen LogP contribution in [0.3, 0.4) is 0 Å². The predicted octanol–water partition coefficient (Wildman–Crippen LogP) is 7.42. The lowest BCUT2D eigenvalue weighted by Gasteiger charge is -2.17. The fourth-order valence-electron chi connectivity index (χ4n) is 3.81. The standard InChI is InChI=1S/C24H48O3/c1-4-5-6-7-8-9-10-11-12-13-14-15-16-17-18-19-20-25-21-23-22-26-24(2,3)27-23/h23H,4-22H2,1-3H3/t23-/m0/s1. The van der Waals surface area contributed by atoms with Crippen molar-refractivity contribution in [2.24, 2.45) is 0 Å². The fourth-order valence-corrected chi connectivity index (χ4v) is 3.81. The van der Waals surface area contributed by atoms with E-state index in [1.807, 2.05) is 13.8 Å². The third kappa shape index (κ3) is 15.5. The van der Waals surface area contributed by atoms with E-state index in [2.05, 4.69) is 6.92 Å². The maximum atomic E-state index is 5.73. The minimum atomic E-state index is -0.428. The summed E-state index contributed by atoms with van der Waals surface area (Å²) in [5, 5.41) is 0. The molecule has 0 spiro atoms. The Labute approximate surface area is 169 Å². The largest absolute Gasteiger partial charge is 0.379 e. The third-order valence-electron chi connectivity index (χ3n) is 5.51. The second-order valence-electron chi connectivity index (χ2n) is 8.83. The molecule has 0 aromatic heterocycles. The van der Waals surface area contributed by atoms with Crippen LogP contribution in [0.4, 0.5) is 0 Å². The van der Waals surface area contributed by atoms with Crippen LogP contribution >= 0.6 is 0 Å². The molecule has 27 heavy (non-hydrogen) atoms. The lowest BCUT2D eigenvalue weighted by molar-refractivity contribution is -0.145. The molecule has 3 nitrogen and oxygen atoms in total. The molecule has 0 saturated carbocycles. The van der Waals surface area contributed by atoms with Gasteiger partial charge in [-0.05, 0) is 20.3 Å². The summed E-state index contributed by atoms with van der Waals surface area (Å²) >= 11 is 0. The first-order chi connectivity index (χ1) is 13.1. The van der Waals surface area contributed by atoms with Crippen LogP contribution in [-0.2, 0) is 14.2 Å². The number of hydrogen-bond donors (Lipinski definition) is 0. The quantitative estimate of drug-likeness (QED) is 0.217. The molecule has 0 aromatic carbocycles. The average Bonchev–Trinajstić information content (AvgIpc) is 2.99. The van der Waals surface area contributed by atoms with Crippen molar-refractivity contribution in [3.8, 4) is 0 Å². The van der Waals surface area contributed by atoms with Gasteiger partial charge >= 0.3 is 0 Å². The lowest BCUT2D eigenvalue weighted by atomic mass is 10.0. The monoisotopic (exact) mass is 384 g/mol. The van der Waals surface area contributed by atoms with Crippen LogP contribution in [0.2, 0.25) is 0 Å². The second-order valence-corrected chi connectivity index (χ2v) is 8.83. The summed E-state index contributed by atoms with van der Waals surface area (Å²) in [5.74, 6) is -0.428. The van der Waals surface area contributed by atoms with Crippen LogP contribution in [0.1, 0.15) is 124 Å². The summed E-state index contributed by atoms with van der Waals surface area (Å²) in [5.41, 5.74) is 0. The molecule has 1 atom stereocenters. The van der Waals surface area contributed by atoms with E-state index < -0.39 is 5.79 Å². The molecule has 1 heterocycles. The van der Waals surface area contributed by atoms with Crippen molar-refractivity contribution in [3.05, 3.63) is 0 Å². The van der Waals surface area contributed by atoms with Gasteiger partial charge in [-0.25, -0.2) is 0 Å². The van der Waals surface area contributed by atoms with Gasteiger partial charge in [-0.15, -0.1) is 0 Å². The van der Waals surface area contributed by atoms with E-state index in [9.17, 15) is 0 Å². The zero-order chi connectivity index (χ0) is 19.6. The summed E-state index contributed by atoms with van der Waals surface area (Å²) in [6.45, 7) is 8.40. The van der Waals surface area contributed by atoms with Crippen molar-refractivity contribution in [1.29, 1.82) is 0 Å². The highest BCUT2D eigenvalue weighted by Crippen LogP contribution is 2.22. The van der Waals surface area contributed by atoms with Gasteiger partial charge in [0.15, 0.2) is 5.79 Å². The molecule has 3 heteroatoms. The Balaban J connectivity index is 1.68. The smallest absolute Gasteiger partial charge is 0.163 e. The molecule has 1 aliphatic heterocycles. The molecule has 0 radical (unpaired) electrons. The fraction of sp³-hybridized carbons (Fsp3) is 1.00. The van der Waals surface area contributed by atoms with Crippen molar-refractivity contribution < 1.29 is 14.2 Å². The Morgan fingerprint density at radius 3 is 1.56 bits per heavy atom. The van der Waals surface area contributed by atoms with Gasteiger partial charge in [0, 0.05) is 6.61 Å². The number of unbranched alkanes of at least 4 members (excludes halogenated alkanes) is 15. The summed E-state index contributed by atoms with van der Waals surface area (Å²) in [6.07, 6.45) is 22.6. The Morgan fingerprint density at radius 1 is 0.704 bits per heavy atom. The predicted molar refractivity (Wildman–Crippen MR) is 115 cm³/mol. The minimum absolute atomic E-state index is 0.112. The van der Waals surface area contributed by atoms with Gasteiger partial charge in [0.2, 0.25) is 0 Å². The maximum absolute atomic E-state index is 5.73. The summed E-state index contributed by atoms with van der Waals surface area (Å²) in [6, 6.07) is 0. The molecule has 0 aliphatic carbocycles. The van der Waals surface area contributed by atoms with Gasteiger partial charge < -0.3 is 14.2 Å².